The highest BCUT2D eigenvalue weighted by atomic mass is 28.3. The molecule has 0 aliphatic heterocycles. The second-order valence-corrected chi connectivity index (χ2v) is 16.2. The van der Waals surface area contributed by atoms with E-state index >= 15 is 0 Å². The minimum absolute atomic E-state index is 0.281. The van der Waals surface area contributed by atoms with Crippen molar-refractivity contribution >= 4 is 22.0 Å². The zero-order valence-electron chi connectivity index (χ0n) is 12.8. The van der Waals surface area contributed by atoms with E-state index in [1.54, 1.807) is 0 Å². The molecule has 0 radical (unpaired) electrons. The van der Waals surface area contributed by atoms with Crippen LogP contribution < -0.4 is 0 Å². The minimum atomic E-state index is -1.78. The molecule has 0 heterocycles. The third-order valence-electron chi connectivity index (χ3n) is 3.41. The third-order valence-corrected chi connectivity index (χ3v) is 8.41. The van der Waals surface area contributed by atoms with E-state index in [0.29, 0.717) is 0 Å². The van der Waals surface area contributed by atoms with Crippen LogP contribution >= 0.6 is 0 Å². The van der Waals surface area contributed by atoms with Crippen molar-refractivity contribution in [3.8, 4) is 0 Å². The lowest BCUT2D eigenvalue weighted by molar-refractivity contribution is 0.201. The Bertz CT molecular complexity index is 312. The van der Waals surface area contributed by atoms with Gasteiger partial charge in [-0.1, -0.05) is 39.2 Å². The van der Waals surface area contributed by atoms with E-state index in [-0.39, 0.29) is 5.92 Å². The van der Waals surface area contributed by atoms with Crippen LogP contribution in [-0.2, 0) is 0 Å². The predicted molar refractivity (Wildman–Crippen MR) is 83.9 cm³/mol. The molecular formula is C13H29NOSi2. The Hall–Kier alpha value is -0.196. The van der Waals surface area contributed by atoms with Gasteiger partial charge in [0.2, 0.25) is 0 Å². The molecule has 0 rings (SSSR count). The summed E-state index contributed by atoms with van der Waals surface area (Å²) in [5, 5.41) is 10.1. The van der Waals surface area contributed by atoms with Crippen LogP contribution in [0.4, 0.5) is 0 Å². The molecule has 0 saturated carbocycles. The van der Waals surface area contributed by atoms with Crippen molar-refractivity contribution in [2.45, 2.75) is 58.7 Å². The molecule has 0 spiro atoms. The van der Waals surface area contributed by atoms with Crippen LogP contribution in [0.25, 0.3) is 0 Å². The van der Waals surface area contributed by atoms with Gasteiger partial charge in [0.1, 0.15) is 0 Å². The Labute approximate surface area is 109 Å². The number of hydrogen-bond acceptors (Lipinski definition) is 2. The van der Waals surface area contributed by atoms with E-state index in [0.717, 1.165) is 5.71 Å². The van der Waals surface area contributed by atoms with Gasteiger partial charge in [0.15, 0.2) is 8.24 Å². The van der Waals surface area contributed by atoms with E-state index in [9.17, 15) is 5.11 Å². The van der Waals surface area contributed by atoms with E-state index in [2.05, 4.69) is 53.2 Å². The lowest BCUT2D eigenvalue weighted by Gasteiger charge is -2.39. The highest BCUT2D eigenvalue weighted by Gasteiger charge is 2.43. The second-order valence-electron chi connectivity index (χ2n) is 6.83. The van der Waals surface area contributed by atoms with Gasteiger partial charge >= 0.3 is 0 Å². The second kappa shape index (κ2) is 5.20. The quantitative estimate of drug-likeness (QED) is 0.601. The van der Waals surface area contributed by atoms with E-state index in [4.69, 9.17) is 4.66 Å². The Kier molecular flexibility index (Phi) is 5.14. The lowest BCUT2D eigenvalue weighted by atomic mass is 10.0. The molecule has 0 aromatic rings. The van der Waals surface area contributed by atoms with E-state index in [1.165, 1.54) is 0 Å². The first-order valence-corrected chi connectivity index (χ1v) is 12.8. The molecule has 0 fully saturated rings. The molecule has 0 bridgehead atoms. The summed E-state index contributed by atoms with van der Waals surface area (Å²) < 4.78 is 4.89. The molecule has 2 nitrogen and oxygen atoms in total. The summed E-state index contributed by atoms with van der Waals surface area (Å²) in [7, 11) is -3.49. The fourth-order valence-corrected chi connectivity index (χ4v) is 3.95. The zero-order chi connectivity index (χ0) is 14.1. The van der Waals surface area contributed by atoms with E-state index in [1.807, 2.05) is 12.6 Å². The van der Waals surface area contributed by atoms with Gasteiger partial charge in [-0.25, -0.2) is 0 Å². The average Bonchev–Trinajstić information content (AvgIpc) is 2.12. The Morgan fingerprint density at radius 3 is 1.88 bits per heavy atom. The fraction of sp³-hybridized carbons (Fsp3) is 0.769. The van der Waals surface area contributed by atoms with Crippen molar-refractivity contribution in [1.29, 1.82) is 0 Å². The summed E-state index contributed by atoms with van der Waals surface area (Å²) in [5.41, 5.74) is 2.93. The first-order valence-electron chi connectivity index (χ1n) is 6.31. The maximum absolute atomic E-state index is 10.9. The van der Waals surface area contributed by atoms with E-state index < -0.39 is 21.5 Å². The fourth-order valence-electron chi connectivity index (χ4n) is 1.54. The molecule has 0 aliphatic carbocycles. The molecule has 4 heteroatoms. The lowest BCUT2D eigenvalue weighted by Crippen LogP contribution is -2.57. The zero-order valence-corrected chi connectivity index (χ0v) is 14.8. The molecule has 1 unspecified atom stereocenters. The molecule has 0 aromatic carbocycles. The molecule has 100 valence electrons. The topological polar surface area (TPSA) is 32.6 Å². The maximum atomic E-state index is 10.9. The molecule has 0 aromatic heterocycles. The molecular weight excluding hydrogens is 242 g/mol. The van der Waals surface area contributed by atoms with Gasteiger partial charge in [-0.05, 0) is 25.9 Å². The largest absolute Gasteiger partial charge is 0.388 e. The van der Waals surface area contributed by atoms with Gasteiger partial charge in [0.05, 0.1) is 13.3 Å². The van der Waals surface area contributed by atoms with Crippen molar-refractivity contribution in [3.63, 3.8) is 0 Å². The van der Waals surface area contributed by atoms with Crippen molar-refractivity contribution in [1.82, 2.24) is 0 Å². The van der Waals surface area contributed by atoms with Gasteiger partial charge < -0.3 is 9.76 Å². The van der Waals surface area contributed by atoms with Crippen LogP contribution in [0.5, 0.6) is 0 Å². The monoisotopic (exact) mass is 271 g/mol. The number of hydrogen-bond donors (Lipinski definition) is 1. The SMILES string of the molecule is C=C[Si](C)(C)N=C(C(C)C)C(C)(O)[Si](C)(C)C. The summed E-state index contributed by atoms with van der Waals surface area (Å²) in [6, 6.07) is 0. The highest BCUT2D eigenvalue weighted by Crippen LogP contribution is 2.27. The molecule has 0 saturated heterocycles. The molecule has 1 atom stereocenters. The average molecular weight is 272 g/mol. The standard InChI is InChI=1S/C13H29NOSi2/c1-10-17(8,9)14-12(11(2)3)13(4,15)16(5,6)7/h10-11,15H,1H2,2-9H3. The van der Waals surface area contributed by atoms with Gasteiger partial charge in [-0.3, -0.25) is 0 Å². The van der Waals surface area contributed by atoms with Crippen molar-refractivity contribution in [2.24, 2.45) is 10.6 Å². The number of nitrogens with zero attached hydrogens (tertiary/aromatic N) is 1. The van der Waals surface area contributed by atoms with Crippen LogP contribution in [0.3, 0.4) is 0 Å². The highest BCUT2D eigenvalue weighted by molar-refractivity contribution is 6.85. The van der Waals surface area contributed by atoms with Gasteiger partial charge in [0.25, 0.3) is 0 Å². The molecule has 0 amide bonds. The first kappa shape index (κ1) is 16.8. The van der Waals surface area contributed by atoms with Gasteiger partial charge in [0, 0.05) is 5.71 Å². The van der Waals surface area contributed by atoms with Crippen molar-refractivity contribution in [2.75, 3.05) is 0 Å². The summed E-state index contributed by atoms with van der Waals surface area (Å²) in [6.45, 7) is 20.9. The smallest absolute Gasteiger partial charge is 0.198 e. The van der Waals surface area contributed by atoms with Crippen LogP contribution in [0.15, 0.2) is 16.9 Å². The predicted octanol–water partition coefficient (Wildman–Crippen LogP) is 3.64. The summed E-state index contributed by atoms with van der Waals surface area (Å²) >= 11 is 0. The maximum Gasteiger partial charge on any atom is 0.198 e. The van der Waals surface area contributed by atoms with Crippen LogP contribution in [0.2, 0.25) is 32.7 Å². The Morgan fingerprint density at radius 1 is 1.24 bits per heavy atom. The van der Waals surface area contributed by atoms with Gasteiger partial charge in [-0.15, -0.1) is 6.58 Å². The molecule has 1 N–H and O–H groups in total. The van der Waals surface area contributed by atoms with Gasteiger partial charge in [-0.2, -0.15) is 0 Å². The minimum Gasteiger partial charge on any atom is -0.388 e. The normalized spacial score (nSPS) is 18.1. The third kappa shape index (κ3) is 4.19. The van der Waals surface area contributed by atoms with Crippen molar-refractivity contribution in [3.05, 3.63) is 12.3 Å². The Morgan fingerprint density at radius 2 is 1.65 bits per heavy atom. The summed E-state index contributed by atoms with van der Waals surface area (Å²) in [5.74, 6) is 0.281. The summed E-state index contributed by atoms with van der Waals surface area (Å²) in [4.78, 5) is 0. The van der Waals surface area contributed by atoms with Crippen LogP contribution in [-0.4, -0.2) is 32.4 Å². The van der Waals surface area contributed by atoms with Crippen LogP contribution in [0.1, 0.15) is 20.8 Å². The number of aliphatic hydroxyl groups is 1. The van der Waals surface area contributed by atoms with Crippen molar-refractivity contribution < 1.29 is 5.11 Å². The Balaban J connectivity index is 5.64. The number of rotatable bonds is 5. The molecule has 17 heavy (non-hydrogen) atoms. The first-order chi connectivity index (χ1) is 7.35. The van der Waals surface area contributed by atoms with Crippen LogP contribution in [0, 0.1) is 5.92 Å². The summed E-state index contributed by atoms with van der Waals surface area (Å²) in [6.07, 6.45) is 0. The molecule has 0 aliphatic rings.